The fourth-order valence-corrected chi connectivity index (χ4v) is 4.43. The maximum absolute atomic E-state index is 13.0. The Labute approximate surface area is 178 Å². The second-order valence-corrected chi connectivity index (χ2v) is 8.35. The summed E-state index contributed by atoms with van der Waals surface area (Å²) in [4.78, 5) is 22.6. The van der Waals surface area contributed by atoms with Gasteiger partial charge in [0.2, 0.25) is 5.95 Å². The van der Waals surface area contributed by atoms with Crippen molar-refractivity contribution in [3.63, 3.8) is 0 Å². The predicted octanol–water partition coefficient (Wildman–Crippen LogP) is 3.97. The Hall–Kier alpha value is -2.20. The monoisotopic (exact) mass is 487 g/mol. The SMILES string of the molecule is COc1cc(-c2nc(N)nc3c2CN(C(=O)NC2CC(F)(F)C2)C3)c(Cl)cc1Br. The first-order valence-electron chi connectivity index (χ1n) is 8.79. The molecular formula is C18H17BrClF2N5O2. The summed E-state index contributed by atoms with van der Waals surface area (Å²) in [6, 6.07) is 2.47. The zero-order valence-corrected chi connectivity index (χ0v) is 17.6. The number of hydrogen-bond acceptors (Lipinski definition) is 5. The van der Waals surface area contributed by atoms with Gasteiger partial charge in [-0.1, -0.05) is 11.6 Å². The van der Waals surface area contributed by atoms with E-state index in [-0.39, 0.29) is 31.9 Å². The molecule has 7 nitrogen and oxygen atoms in total. The van der Waals surface area contributed by atoms with Crippen LogP contribution in [0, 0.1) is 0 Å². The van der Waals surface area contributed by atoms with Crippen LogP contribution in [0.4, 0.5) is 19.5 Å². The number of alkyl halides is 2. The molecule has 2 heterocycles. The number of nitrogens with two attached hydrogens (primary N) is 1. The van der Waals surface area contributed by atoms with Crippen molar-refractivity contribution in [3.05, 3.63) is 32.9 Å². The van der Waals surface area contributed by atoms with Crippen LogP contribution in [0.15, 0.2) is 16.6 Å². The van der Waals surface area contributed by atoms with E-state index in [0.717, 1.165) is 0 Å². The van der Waals surface area contributed by atoms with E-state index >= 15 is 0 Å². The highest BCUT2D eigenvalue weighted by Gasteiger charge is 2.46. The van der Waals surface area contributed by atoms with E-state index in [2.05, 4.69) is 31.2 Å². The van der Waals surface area contributed by atoms with Crippen molar-refractivity contribution in [2.45, 2.75) is 37.9 Å². The molecule has 0 spiro atoms. The lowest BCUT2D eigenvalue weighted by Crippen LogP contribution is -2.53. The fourth-order valence-electron chi connectivity index (χ4n) is 3.54. The minimum absolute atomic E-state index is 0.0533. The Morgan fingerprint density at radius 1 is 1.38 bits per heavy atom. The zero-order valence-electron chi connectivity index (χ0n) is 15.3. The smallest absolute Gasteiger partial charge is 0.318 e. The number of nitrogen functional groups attached to an aromatic ring is 1. The molecule has 29 heavy (non-hydrogen) atoms. The molecule has 2 aromatic rings. The minimum atomic E-state index is -2.70. The standard InChI is InChI=1S/C18H17BrClF2N5O2/c1-29-14-2-9(12(20)3-11(14)19)15-10-6-27(7-13(10)25-16(23)26-15)17(28)24-8-4-18(21,22)5-8/h2-3,8H,4-7H2,1H3,(H,24,28)(H2,23,25,26). The summed E-state index contributed by atoms with van der Waals surface area (Å²) in [5.74, 6) is -2.08. The Balaban J connectivity index is 1.61. The molecule has 0 saturated heterocycles. The van der Waals surface area contributed by atoms with Gasteiger partial charge >= 0.3 is 6.03 Å². The lowest BCUT2D eigenvalue weighted by molar-refractivity contribution is -0.0903. The number of halogens is 4. The second kappa shape index (κ2) is 7.24. The van der Waals surface area contributed by atoms with Gasteiger partial charge in [-0.05, 0) is 28.1 Å². The molecule has 1 aliphatic carbocycles. The van der Waals surface area contributed by atoms with Gasteiger partial charge in [0.15, 0.2) is 0 Å². The van der Waals surface area contributed by atoms with Gasteiger partial charge in [-0.3, -0.25) is 0 Å². The van der Waals surface area contributed by atoms with Gasteiger partial charge < -0.3 is 20.7 Å². The van der Waals surface area contributed by atoms with Crippen LogP contribution >= 0.6 is 27.5 Å². The lowest BCUT2D eigenvalue weighted by atomic mass is 9.88. The molecule has 0 radical (unpaired) electrons. The second-order valence-electron chi connectivity index (χ2n) is 7.09. The van der Waals surface area contributed by atoms with Crippen LogP contribution in [-0.4, -0.2) is 40.0 Å². The average molecular weight is 489 g/mol. The highest BCUT2D eigenvalue weighted by atomic mass is 79.9. The number of methoxy groups -OCH3 is 1. The van der Waals surface area contributed by atoms with E-state index < -0.39 is 18.0 Å². The predicted molar refractivity (Wildman–Crippen MR) is 107 cm³/mol. The summed E-state index contributed by atoms with van der Waals surface area (Å²) >= 11 is 9.80. The van der Waals surface area contributed by atoms with Crippen LogP contribution in [0.3, 0.4) is 0 Å². The summed E-state index contributed by atoms with van der Waals surface area (Å²) in [5.41, 5.74) is 8.28. The maximum atomic E-state index is 13.0. The minimum Gasteiger partial charge on any atom is -0.496 e. The van der Waals surface area contributed by atoms with Gasteiger partial charge in [0.05, 0.1) is 41.1 Å². The molecule has 11 heteroatoms. The number of carbonyl (C=O) groups excluding carboxylic acids is 1. The van der Waals surface area contributed by atoms with E-state index in [4.69, 9.17) is 22.1 Å². The number of urea groups is 1. The number of nitrogens with one attached hydrogen (secondary N) is 1. The summed E-state index contributed by atoms with van der Waals surface area (Å²) in [5, 5.41) is 3.06. The van der Waals surface area contributed by atoms with Crippen molar-refractivity contribution in [1.82, 2.24) is 20.2 Å². The first-order valence-corrected chi connectivity index (χ1v) is 9.96. The number of hydrogen-bond donors (Lipinski definition) is 2. The van der Waals surface area contributed by atoms with Crippen molar-refractivity contribution < 1.29 is 18.3 Å². The third kappa shape index (κ3) is 3.83. The number of rotatable bonds is 3. The van der Waals surface area contributed by atoms with Gasteiger partial charge in [-0.25, -0.2) is 23.5 Å². The number of nitrogens with zero attached hydrogens (tertiary/aromatic N) is 3. The number of fused-ring (bicyclic) bond motifs is 1. The highest BCUT2D eigenvalue weighted by Crippen LogP contribution is 2.40. The van der Waals surface area contributed by atoms with Gasteiger partial charge in [0.25, 0.3) is 5.92 Å². The molecule has 2 aliphatic rings. The van der Waals surface area contributed by atoms with Gasteiger partial charge in [0.1, 0.15) is 5.75 Å². The zero-order chi connectivity index (χ0) is 20.9. The molecule has 0 bridgehead atoms. The molecule has 2 amide bonds. The number of benzene rings is 1. The van der Waals surface area contributed by atoms with Crippen molar-refractivity contribution in [2.75, 3.05) is 12.8 Å². The molecule has 1 aromatic heterocycles. The molecule has 1 fully saturated rings. The summed E-state index contributed by atoms with van der Waals surface area (Å²) < 4.78 is 32.1. The van der Waals surface area contributed by atoms with Crippen LogP contribution in [-0.2, 0) is 13.1 Å². The normalized spacial score (nSPS) is 17.6. The fraction of sp³-hybridized carbons (Fsp3) is 0.389. The molecular weight excluding hydrogens is 472 g/mol. The molecule has 4 rings (SSSR count). The topological polar surface area (TPSA) is 93.4 Å². The van der Waals surface area contributed by atoms with Crippen LogP contribution in [0.25, 0.3) is 11.3 Å². The summed E-state index contributed by atoms with van der Waals surface area (Å²) in [6.07, 6.45) is -0.683. The van der Waals surface area contributed by atoms with Crippen LogP contribution in [0.1, 0.15) is 24.1 Å². The maximum Gasteiger partial charge on any atom is 0.318 e. The molecule has 1 saturated carbocycles. The van der Waals surface area contributed by atoms with Gasteiger partial charge in [-0.2, -0.15) is 0 Å². The number of ether oxygens (including phenoxy) is 1. The van der Waals surface area contributed by atoms with Crippen molar-refractivity contribution in [3.8, 4) is 17.0 Å². The van der Waals surface area contributed by atoms with Crippen molar-refractivity contribution >= 4 is 39.5 Å². The van der Waals surface area contributed by atoms with Crippen LogP contribution in [0.2, 0.25) is 5.02 Å². The van der Waals surface area contributed by atoms with Gasteiger partial charge in [-0.15, -0.1) is 0 Å². The Morgan fingerprint density at radius 2 is 2.10 bits per heavy atom. The molecule has 0 atom stereocenters. The van der Waals surface area contributed by atoms with Crippen molar-refractivity contribution in [2.24, 2.45) is 0 Å². The van der Waals surface area contributed by atoms with E-state index in [9.17, 15) is 13.6 Å². The van der Waals surface area contributed by atoms with Crippen LogP contribution < -0.4 is 15.8 Å². The Morgan fingerprint density at radius 3 is 2.76 bits per heavy atom. The van der Waals surface area contributed by atoms with Crippen LogP contribution in [0.5, 0.6) is 5.75 Å². The number of amides is 2. The molecule has 1 aromatic carbocycles. The average Bonchev–Trinajstić information content (AvgIpc) is 3.04. The van der Waals surface area contributed by atoms with E-state index in [1.54, 1.807) is 12.1 Å². The van der Waals surface area contributed by atoms with E-state index in [1.165, 1.54) is 12.0 Å². The Bertz CT molecular complexity index is 999. The Kier molecular flexibility index (Phi) is 5.02. The third-order valence-corrected chi connectivity index (χ3v) is 5.93. The molecule has 1 aliphatic heterocycles. The number of carbonyl (C=O) groups is 1. The van der Waals surface area contributed by atoms with Crippen molar-refractivity contribution in [1.29, 1.82) is 0 Å². The third-order valence-electron chi connectivity index (χ3n) is 5.00. The first kappa shape index (κ1) is 20.1. The largest absolute Gasteiger partial charge is 0.496 e. The summed E-state index contributed by atoms with van der Waals surface area (Å²) in [7, 11) is 1.53. The number of anilines is 1. The molecule has 0 unspecified atom stereocenters. The highest BCUT2D eigenvalue weighted by molar-refractivity contribution is 9.10. The molecule has 3 N–H and O–H groups in total. The van der Waals surface area contributed by atoms with E-state index in [1.807, 2.05) is 0 Å². The quantitative estimate of drug-likeness (QED) is 0.682. The first-order chi connectivity index (χ1) is 13.7. The number of aromatic nitrogens is 2. The van der Waals surface area contributed by atoms with E-state index in [0.29, 0.717) is 37.8 Å². The summed E-state index contributed by atoms with van der Waals surface area (Å²) in [6.45, 7) is 0.421. The molecule has 154 valence electrons. The lowest BCUT2D eigenvalue weighted by Gasteiger charge is -2.36. The van der Waals surface area contributed by atoms with Gasteiger partial charge in [0, 0.05) is 30.0 Å².